The normalized spacial score (nSPS) is 14.9. The average Bonchev–Trinajstić information content (AvgIpc) is 3.27. The fraction of sp³-hybridized carbons (Fsp3) is 0.250. The van der Waals surface area contributed by atoms with E-state index in [0.717, 1.165) is 24.2 Å². The largest absolute Gasteiger partial charge is 0.496 e. The number of benzene rings is 1. The van der Waals surface area contributed by atoms with Crippen LogP contribution in [0, 0.1) is 11.3 Å². The number of carbonyl (C=O) groups excluding carboxylic acids is 1. The Hall–Kier alpha value is -2.54. The van der Waals surface area contributed by atoms with Gasteiger partial charge in [-0.1, -0.05) is 30.4 Å². The second-order valence-corrected chi connectivity index (χ2v) is 4.54. The van der Waals surface area contributed by atoms with Gasteiger partial charge in [0.05, 0.1) is 7.11 Å². The van der Waals surface area contributed by atoms with Crippen LogP contribution in [0.1, 0.15) is 18.4 Å². The van der Waals surface area contributed by atoms with Gasteiger partial charge < -0.3 is 10.1 Å². The average molecular weight is 268 g/mol. The van der Waals surface area contributed by atoms with Crippen LogP contribution in [0.25, 0.3) is 6.08 Å². The lowest BCUT2D eigenvalue weighted by Gasteiger charge is -2.03. The molecule has 1 aliphatic rings. The molecule has 0 atom stereocenters. The second-order valence-electron chi connectivity index (χ2n) is 4.54. The standard InChI is InChI=1S/C16H16N2O2/c1-20-15-8-3-2-5-12(15)6-4-7-13(11-17)16(19)18-14-9-10-14/h2-8,14H,9-10H2,1H3,(H,18,19)/b6-4+,13-7+. The van der Waals surface area contributed by atoms with E-state index in [1.807, 2.05) is 30.3 Å². The maximum atomic E-state index is 11.7. The smallest absolute Gasteiger partial charge is 0.262 e. The summed E-state index contributed by atoms with van der Waals surface area (Å²) >= 11 is 0. The molecule has 0 aliphatic heterocycles. The Morgan fingerprint density at radius 3 is 2.85 bits per heavy atom. The van der Waals surface area contributed by atoms with Gasteiger partial charge in [0.25, 0.3) is 5.91 Å². The van der Waals surface area contributed by atoms with E-state index in [0.29, 0.717) is 0 Å². The van der Waals surface area contributed by atoms with E-state index >= 15 is 0 Å². The van der Waals surface area contributed by atoms with Crippen molar-refractivity contribution in [2.24, 2.45) is 0 Å². The molecule has 1 aromatic rings. The van der Waals surface area contributed by atoms with Crippen LogP contribution in [-0.2, 0) is 4.79 Å². The monoisotopic (exact) mass is 268 g/mol. The minimum Gasteiger partial charge on any atom is -0.496 e. The Kier molecular flexibility index (Phi) is 4.56. The van der Waals surface area contributed by atoms with Gasteiger partial charge in [-0.05, 0) is 25.0 Å². The fourth-order valence-electron chi connectivity index (χ4n) is 1.71. The summed E-state index contributed by atoms with van der Waals surface area (Å²) < 4.78 is 5.22. The van der Waals surface area contributed by atoms with Gasteiger partial charge in [0, 0.05) is 11.6 Å². The molecular weight excluding hydrogens is 252 g/mol. The molecule has 1 aromatic carbocycles. The molecule has 0 heterocycles. The Balaban J connectivity index is 2.07. The van der Waals surface area contributed by atoms with Gasteiger partial charge in [0.2, 0.25) is 0 Å². The highest BCUT2D eigenvalue weighted by molar-refractivity contribution is 5.98. The number of hydrogen-bond donors (Lipinski definition) is 1. The summed E-state index contributed by atoms with van der Waals surface area (Å²) in [7, 11) is 1.60. The van der Waals surface area contributed by atoms with E-state index < -0.39 is 0 Å². The van der Waals surface area contributed by atoms with Crippen LogP contribution in [0.2, 0.25) is 0 Å². The second kappa shape index (κ2) is 6.58. The zero-order valence-electron chi connectivity index (χ0n) is 11.3. The molecule has 0 radical (unpaired) electrons. The van der Waals surface area contributed by atoms with Crippen LogP contribution in [0.3, 0.4) is 0 Å². The van der Waals surface area contributed by atoms with Gasteiger partial charge in [-0.2, -0.15) is 5.26 Å². The summed E-state index contributed by atoms with van der Waals surface area (Å²) in [6.07, 6.45) is 7.01. The van der Waals surface area contributed by atoms with Crippen molar-refractivity contribution in [3.8, 4) is 11.8 Å². The van der Waals surface area contributed by atoms with E-state index in [9.17, 15) is 4.79 Å². The molecule has 102 valence electrons. The molecule has 2 rings (SSSR count). The zero-order chi connectivity index (χ0) is 14.4. The van der Waals surface area contributed by atoms with Crippen molar-refractivity contribution >= 4 is 12.0 Å². The van der Waals surface area contributed by atoms with Crippen LogP contribution in [0.15, 0.2) is 42.0 Å². The minimum absolute atomic E-state index is 0.114. The number of para-hydroxylation sites is 1. The van der Waals surface area contributed by atoms with Crippen molar-refractivity contribution in [3.63, 3.8) is 0 Å². The Morgan fingerprint density at radius 2 is 2.20 bits per heavy atom. The number of ether oxygens (including phenoxy) is 1. The molecule has 1 saturated carbocycles. The predicted molar refractivity (Wildman–Crippen MR) is 76.9 cm³/mol. The molecule has 4 nitrogen and oxygen atoms in total. The van der Waals surface area contributed by atoms with Crippen molar-refractivity contribution in [3.05, 3.63) is 47.6 Å². The molecule has 0 unspecified atom stereocenters. The minimum atomic E-state index is -0.306. The van der Waals surface area contributed by atoms with E-state index in [1.54, 1.807) is 19.3 Å². The summed E-state index contributed by atoms with van der Waals surface area (Å²) in [4.78, 5) is 11.7. The van der Waals surface area contributed by atoms with Gasteiger partial charge in [0.1, 0.15) is 17.4 Å². The van der Waals surface area contributed by atoms with Gasteiger partial charge in [0.15, 0.2) is 0 Å². The third kappa shape index (κ3) is 3.72. The van der Waals surface area contributed by atoms with Crippen molar-refractivity contribution in [2.45, 2.75) is 18.9 Å². The van der Waals surface area contributed by atoms with Crippen molar-refractivity contribution in [1.29, 1.82) is 5.26 Å². The SMILES string of the molecule is COc1ccccc1/C=C/C=C(\C#N)C(=O)NC1CC1. The summed E-state index contributed by atoms with van der Waals surface area (Å²) in [5, 5.41) is 11.8. The number of carbonyl (C=O) groups is 1. The first-order valence-electron chi connectivity index (χ1n) is 6.47. The van der Waals surface area contributed by atoms with Crippen molar-refractivity contribution in [2.75, 3.05) is 7.11 Å². The molecule has 0 spiro atoms. The molecule has 1 fully saturated rings. The highest BCUT2D eigenvalue weighted by Crippen LogP contribution is 2.20. The number of hydrogen-bond acceptors (Lipinski definition) is 3. The first kappa shape index (κ1) is 13.9. The van der Waals surface area contributed by atoms with Crippen LogP contribution in [0.4, 0.5) is 0 Å². The Labute approximate surface area is 118 Å². The van der Waals surface area contributed by atoms with Crippen LogP contribution >= 0.6 is 0 Å². The predicted octanol–water partition coefficient (Wildman–Crippen LogP) is 2.44. The quantitative estimate of drug-likeness (QED) is 0.507. The molecule has 0 bridgehead atoms. The first-order valence-corrected chi connectivity index (χ1v) is 6.47. The Bertz CT molecular complexity index is 593. The number of rotatable bonds is 5. The fourth-order valence-corrected chi connectivity index (χ4v) is 1.71. The molecule has 1 aliphatic carbocycles. The summed E-state index contributed by atoms with van der Waals surface area (Å²) in [5.41, 5.74) is 1.01. The number of nitrogens with one attached hydrogen (secondary N) is 1. The first-order chi connectivity index (χ1) is 9.74. The van der Waals surface area contributed by atoms with Gasteiger partial charge in [-0.25, -0.2) is 0 Å². The lowest BCUT2D eigenvalue weighted by molar-refractivity contribution is -0.117. The van der Waals surface area contributed by atoms with E-state index in [-0.39, 0.29) is 17.5 Å². The zero-order valence-corrected chi connectivity index (χ0v) is 11.3. The molecule has 20 heavy (non-hydrogen) atoms. The third-order valence-corrected chi connectivity index (χ3v) is 2.96. The van der Waals surface area contributed by atoms with Crippen LogP contribution in [-0.4, -0.2) is 19.1 Å². The topological polar surface area (TPSA) is 62.1 Å². The lowest BCUT2D eigenvalue weighted by Crippen LogP contribution is -2.26. The lowest BCUT2D eigenvalue weighted by atomic mass is 10.1. The van der Waals surface area contributed by atoms with E-state index in [4.69, 9.17) is 10.00 Å². The molecule has 0 aromatic heterocycles. The maximum Gasteiger partial charge on any atom is 0.262 e. The van der Waals surface area contributed by atoms with Gasteiger partial charge in [-0.3, -0.25) is 4.79 Å². The molecular formula is C16H16N2O2. The van der Waals surface area contributed by atoms with Crippen LogP contribution in [0.5, 0.6) is 5.75 Å². The molecule has 1 amide bonds. The molecule has 4 heteroatoms. The van der Waals surface area contributed by atoms with Gasteiger partial charge in [-0.15, -0.1) is 0 Å². The molecule has 1 N–H and O–H groups in total. The van der Waals surface area contributed by atoms with Crippen molar-refractivity contribution < 1.29 is 9.53 Å². The Morgan fingerprint density at radius 1 is 1.45 bits per heavy atom. The number of amides is 1. The van der Waals surface area contributed by atoms with E-state index in [2.05, 4.69) is 5.32 Å². The van der Waals surface area contributed by atoms with Crippen LogP contribution < -0.4 is 10.1 Å². The highest BCUT2D eigenvalue weighted by Gasteiger charge is 2.24. The summed E-state index contributed by atoms with van der Waals surface area (Å²) in [6, 6.07) is 9.71. The van der Waals surface area contributed by atoms with Crippen molar-refractivity contribution in [1.82, 2.24) is 5.32 Å². The third-order valence-electron chi connectivity index (χ3n) is 2.96. The summed E-state index contributed by atoms with van der Waals surface area (Å²) in [6.45, 7) is 0. The molecule has 0 saturated heterocycles. The maximum absolute atomic E-state index is 11.7. The van der Waals surface area contributed by atoms with E-state index in [1.165, 1.54) is 6.08 Å². The number of methoxy groups -OCH3 is 1. The number of nitrogens with zero attached hydrogens (tertiary/aromatic N) is 1. The van der Waals surface area contributed by atoms with Gasteiger partial charge >= 0.3 is 0 Å². The summed E-state index contributed by atoms with van der Waals surface area (Å²) in [5.74, 6) is 0.442. The number of nitriles is 1. The highest BCUT2D eigenvalue weighted by atomic mass is 16.5. The number of allylic oxidation sites excluding steroid dienone is 2.